The molecule has 2 heterocycles. The number of hydrogen-bond acceptors (Lipinski definition) is 7. The van der Waals surface area contributed by atoms with Gasteiger partial charge in [-0.05, 0) is 33.1 Å². The molecule has 1 fully saturated rings. The minimum absolute atomic E-state index is 0.120. The Labute approximate surface area is 172 Å². The summed E-state index contributed by atoms with van der Waals surface area (Å²) in [6.07, 6.45) is 13.2. The van der Waals surface area contributed by atoms with Crippen molar-refractivity contribution >= 4 is 5.97 Å². The monoisotopic (exact) mass is 403 g/mol. The van der Waals surface area contributed by atoms with Crippen molar-refractivity contribution in [1.29, 1.82) is 0 Å². The van der Waals surface area contributed by atoms with Crippen LogP contribution in [0.25, 0.3) is 0 Å². The highest BCUT2D eigenvalue weighted by molar-refractivity contribution is 5.70. The van der Waals surface area contributed by atoms with Crippen LogP contribution in [0, 0.1) is 5.92 Å². The van der Waals surface area contributed by atoms with E-state index in [2.05, 4.69) is 20.2 Å². The number of ether oxygens (including phenoxy) is 1. The van der Waals surface area contributed by atoms with Gasteiger partial charge in [-0.3, -0.25) is 4.79 Å². The fraction of sp³-hybridized carbons (Fsp3) is 0.762. The largest absolute Gasteiger partial charge is 0.460 e. The summed E-state index contributed by atoms with van der Waals surface area (Å²) in [5, 5.41) is 8.13. The van der Waals surface area contributed by atoms with Crippen molar-refractivity contribution in [3.05, 3.63) is 24.4 Å². The number of carbonyl (C=O) groups excluding carboxylic acids is 1. The van der Waals surface area contributed by atoms with Gasteiger partial charge < -0.3 is 9.26 Å². The maximum Gasteiger partial charge on any atom is 0.307 e. The predicted molar refractivity (Wildman–Crippen MR) is 107 cm³/mol. The van der Waals surface area contributed by atoms with Crippen LogP contribution < -0.4 is 0 Å². The van der Waals surface area contributed by atoms with E-state index in [-0.39, 0.29) is 18.3 Å². The molecule has 1 saturated carbocycles. The molecular weight excluding hydrogens is 370 g/mol. The van der Waals surface area contributed by atoms with E-state index in [4.69, 9.17) is 9.26 Å². The first kappa shape index (κ1) is 21.5. The van der Waals surface area contributed by atoms with Gasteiger partial charge in [-0.2, -0.15) is 10.1 Å². The first-order chi connectivity index (χ1) is 13.9. The molecule has 8 nitrogen and oxygen atoms in total. The first-order valence-corrected chi connectivity index (χ1v) is 10.8. The van der Waals surface area contributed by atoms with Crippen LogP contribution in [0.4, 0.5) is 0 Å². The highest BCUT2D eigenvalue weighted by Gasteiger charge is 2.26. The summed E-state index contributed by atoms with van der Waals surface area (Å²) in [5.41, 5.74) is -0.503. The zero-order valence-electron chi connectivity index (χ0n) is 17.8. The van der Waals surface area contributed by atoms with Crippen molar-refractivity contribution in [3.63, 3.8) is 0 Å². The fourth-order valence-electron chi connectivity index (χ4n) is 3.98. The minimum atomic E-state index is -0.503. The molecule has 0 N–H and O–H groups in total. The lowest BCUT2D eigenvalue weighted by molar-refractivity contribution is -0.155. The average Bonchev–Trinajstić information content (AvgIpc) is 3.33. The SMILES string of the molecule is CC(C)(C)OC(=O)C[C@@H](CCCC1CCCCC1)c1nc(Cn2cncn2)no1. The summed E-state index contributed by atoms with van der Waals surface area (Å²) < 4.78 is 12.7. The normalized spacial score (nSPS) is 16.7. The molecule has 0 aliphatic heterocycles. The molecule has 0 saturated heterocycles. The summed E-state index contributed by atoms with van der Waals surface area (Å²) in [6, 6.07) is 0. The Bertz CT molecular complexity index is 745. The van der Waals surface area contributed by atoms with Gasteiger partial charge >= 0.3 is 5.97 Å². The van der Waals surface area contributed by atoms with Crippen molar-refractivity contribution < 1.29 is 14.1 Å². The Balaban J connectivity index is 1.61. The first-order valence-electron chi connectivity index (χ1n) is 10.8. The molecule has 0 aromatic carbocycles. The van der Waals surface area contributed by atoms with E-state index in [1.54, 1.807) is 11.0 Å². The predicted octanol–water partition coefficient (Wildman–Crippen LogP) is 4.28. The van der Waals surface area contributed by atoms with Gasteiger partial charge in [-0.1, -0.05) is 50.1 Å². The number of nitrogens with zero attached hydrogens (tertiary/aromatic N) is 5. The number of aromatic nitrogens is 5. The van der Waals surface area contributed by atoms with Gasteiger partial charge in [0.2, 0.25) is 5.89 Å². The molecule has 0 bridgehead atoms. The van der Waals surface area contributed by atoms with Gasteiger partial charge in [0.1, 0.15) is 24.8 Å². The number of hydrogen-bond donors (Lipinski definition) is 0. The average molecular weight is 404 g/mol. The van der Waals surface area contributed by atoms with Crippen molar-refractivity contribution in [2.45, 2.75) is 96.6 Å². The lowest BCUT2D eigenvalue weighted by Gasteiger charge is -2.23. The maximum absolute atomic E-state index is 12.4. The number of carbonyl (C=O) groups is 1. The second-order valence-electron chi connectivity index (χ2n) is 9.06. The fourth-order valence-corrected chi connectivity index (χ4v) is 3.98. The molecule has 1 aliphatic rings. The Kier molecular flexibility index (Phi) is 7.39. The second-order valence-corrected chi connectivity index (χ2v) is 9.06. The molecule has 0 amide bonds. The van der Waals surface area contributed by atoms with Crippen LogP contribution >= 0.6 is 0 Å². The van der Waals surface area contributed by atoms with E-state index in [1.165, 1.54) is 44.9 Å². The molecule has 160 valence electrons. The summed E-state index contributed by atoms with van der Waals surface area (Å²) in [4.78, 5) is 20.9. The van der Waals surface area contributed by atoms with Crippen molar-refractivity contribution in [2.24, 2.45) is 5.92 Å². The zero-order valence-corrected chi connectivity index (χ0v) is 17.8. The zero-order chi connectivity index (χ0) is 20.7. The van der Waals surface area contributed by atoms with Crippen LogP contribution in [0.15, 0.2) is 17.2 Å². The molecule has 29 heavy (non-hydrogen) atoms. The van der Waals surface area contributed by atoms with Gasteiger partial charge in [-0.15, -0.1) is 0 Å². The molecule has 0 spiro atoms. The van der Waals surface area contributed by atoms with Crippen molar-refractivity contribution in [1.82, 2.24) is 24.9 Å². The molecule has 0 radical (unpaired) electrons. The summed E-state index contributed by atoms with van der Waals surface area (Å²) in [7, 11) is 0. The Morgan fingerprint density at radius 3 is 2.79 bits per heavy atom. The van der Waals surface area contributed by atoms with Crippen molar-refractivity contribution in [2.75, 3.05) is 0 Å². The molecule has 2 aromatic heterocycles. The standard InChI is InChI=1S/C21H33N5O3/c1-21(2,3)28-19(27)12-17(11-7-10-16-8-5-4-6-9-16)20-24-18(25-29-20)13-26-15-22-14-23-26/h14-17H,4-13H2,1-3H3/t17-/m1/s1. The van der Waals surface area contributed by atoms with E-state index < -0.39 is 5.60 Å². The lowest BCUT2D eigenvalue weighted by atomic mass is 9.84. The topological polar surface area (TPSA) is 95.9 Å². The lowest BCUT2D eigenvalue weighted by Crippen LogP contribution is -2.25. The summed E-state index contributed by atoms with van der Waals surface area (Å²) in [5.74, 6) is 1.51. The molecule has 3 rings (SSSR count). The Morgan fingerprint density at radius 1 is 1.31 bits per heavy atom. The van der Waals surface area contributed by atoms with Gasteiger partial charge in [-0.25, -0.2) is 9.67 Å². The molecule has 0 unspecified atom stereocenters. The van der Waals surface area contributed by atoms with E-state index in [0.29, 0.717) is 18.3 Å². The van der Waals surface area contributed by atoms with E-state index in [0.717, 1.165) is 18.8 Å². The van der Waals surface area contributed by atoms with E-state index in [1.807, 2.05) is 20.8 Å². The van der Waals surface area contributed by atoms with Gasteiger partial charge in [0.05, 0.1) is 6.42 Å². The third-order valence-corrected chi connectivity index (χ3v) is 5.33. The minimum Gasteiger partial charge on any atom is -0.460 e. The molecular formula is C21H33N5O3. The highest BCUT2D eigenvalue weighted by Crippen LogP contribution is 2.31. The van der Waals surface area contributed by atoms with Crippen molar-refractivity contribution in [3.8, 4) is 0 Å². The van der Waals surface area contributed by atoms with E-state index >= 15 is 0 Å². The number of rotatable bonds is 9. The maximum atomic E-state index is 12.4. The Hall–Kier alpha value is -2.25. The van der Waals surface area contributed by atoms with Gasteiger partial charge in [0.25, 0.3) is 0 Å². The Morgan fingerprint density at radius 2 is 2.10 bits per heavy atom. The molecule has 8 heteroatoms. The van der Waals surface area contributed by atoms with Crippen LogP contribution in [-0.4, -0.2) is 36.5 Å². The second kappa shape index (κ2) is 9.98. The summed E-state index contributed by atoms with van der Waals surface area (Å²) >= 11 is 0. The number of esters is 1. The quantitative estimate of drug-likeness (QED) is 0.577. The smallest absolute Gasteiger partial charge is 0.307 e. The van der Waals surface area contributed by atoms with Crippen LogP contribution in [0.2, 0.25) is 0 Å². The van der Waals surface area contributed by atoms with Crippen LogP contribution in [0.5, 0.6) is 0 Å². The molecule has 1 aliphatic carbocycles. The molecule has 1 atom stereocenters. The third-order valence-electron chi connectivity index (χ3n) is 5.33. The third kappa shape index (κ3) is 7.25. The van der Waals surface area contributed by atoms with Crippen LogP contribution in [0.3, 0.4) is 0 Å². The summed E-state index contributed by atoms with van der Waals surface area (Å²) in [6.45, 7) is 6.04. The highest BCUT2D eigenvalue weighted by atomic mass is 16.6. The van der Waals surface area contributed by atoms with Crippen LogP contribution in [-0.2, 0) is 16.1 Å². The molecule has 2 aromatic rings. The van der Waals surface area contributed by atoms with Crippen LogP contribution in [0.1, 0.15) is 96.2 Å². The van der Waals surface area contributed by atoms with E-state index in [9.17, 15) is 4.79 Å². The van der Waals surface area contributed by atoms with Gasteiger partial charge in [0.15, 0.2) is 5.82 Å². The van der Waals surface area contributed by atoms with Gasteiger partial charge in [0, 0.05) is 5.92 Å².